The molecule has 2 aromatic carbocycles. The molecule has 3 amide bonds. The van der Waals surface area contributed by atoms with Gasteiger partial charge in [0.1, 0.15) is 5.82 Å². The molecule has 9 heteroatoms. The molecule has 7 nitrogen and oxygen atoms in total. The van der Waals surface area contributed by atoms with Crippen LogP contribution in [0, 0.1) is 5.82 Å². The van der Waals surface area contributed by atoms with Gasteiger partial charge in [-0.1, -0.05) is 22.0 Å². The molecule has 152 valence electrons. The van der Waals surface area contributed by atoms with Gasteiger partial charge in [-0.15, -0.1) is 0 Å². The molecule has 29 heavy (non-hydrogen) atoms. The van der Waals surface area contributed by atoms with Crippen LogP contribution >= 0.6 is 15.9 Å². The fraction of sp³-hybridized carbons (Fsp3) is 0.250. The molecule has 1 fully saturated rings. The number of carbonyl (C=O) groups excluding carboxylic acids is 3. The van der Waals surface area contributed by atoms with E-state index in [1.54, 1.807) is 24.3 Å². The van der Waals surface area contributed by atoms with Crippen molar-refractivity contribution in [3.05, 3.63) is 69.9 Å². The fourth-order valence-electron chi connectivity index (χ4n) is 3.17. The molecule has 0 radical (unpaired) electrons. The Balaban J connectivity index is 1.90. The van der Waals surface area contributed by atoms with Gasteiger partial charge in [-0.05, 0) is 42.5 Å². The van der Waals surface area contributed by atoms with E-state index in [-0.39, 0.29) is 37.6 Å². The monoisotopic (exact) mass is 462 g/mol. The van der Waals surface area contributed by atoms with Gasteiger partial charge >= 0.3 is 0 Å². The molecule has 3 N–H and O–H groups in total. The highest BCUT2D eigenvalue weighted by Gasteiger charge is 2.43. The van der Waals surface area contributed by atoms with Crippen LogP contribution in [0.25, 0.3) is 0 Å². The molecule has 1 heterocycles. The first-order valence-electron chi connectivity index (χ1n) is 9.03. The van der Waals surface area contributed by atoms with Crippen LogP contribution < -0.4 is 11.1 Å². The maximum Gasteiger partial charge on any atom is 0.263 e. The van der Waals surface area contributed by atoms with Crippen LogP contribution in [0.4, 0.5) is 4.39 Å². The maximum atomic E-state index is 13.2. The van der Waals surface area contributed by atoms with Gasteiger partial charge in [0.25, 0.3) is 17.7 Å². The van der Waals surface area contributed by atoms with Gasteiger partial charge in [-0.2, -0.15) is 0 Å². The third-order valence-electron chi connectivity index (χ3n) is 4.53. The van der Waals surface area contributed by atoms with Crippen LogP contribution in [-0.2, 0) is 4.79 Å². The van der Waals surface area contributed by atoms with E-state index >= 15 is 0 Å². The lowest BCUT2D eigenvalue weighted by Crippen LogP contribution is -2.54. The van der Waals surface area contributed by atoms with Crippen molar-refractivity contribution in [2.24, 2.45) is 5.73 Å². The highest BCUT2D eigenvalue weighted by Crippen LogP contribution is 2.22. The summed E-state index contributed by atoms with van der Waals surface area (Å²) in [5.41, 5.74) is 6.09. The Morgan fingerprint density at radius 2 is 1.66 bits per heavy atom. The Morgan fingerprint density at radius 1 is 1.03 bits per heavy atom. The molecule has 2 aromatic rings. The second kappa shape index (κ2) is 9.15. The van der Waals surface area contributed by atoms with Crippen LogP contribution in [0.5, 0.6) is 0 Å². The SMILES string of the molecule is NCCNC(=O)C1N(C(=O)c2ccc(F)cc2)CCN1C(=O)c1cccc(Br)c1. The molecule has 0 aliphatic carbocycles. The zero-order valence-electron chi connectivity index (χ0n) is 15.5. The molecular formula is C20H20BrFN4O3. The number of benzene rings is 2. The summed E-state index contributed by atoms with van der Waals surface area (Å²) in [7, 11) is 0. The number of rotatable bonds is 5. The normalized spacial score (nSPS) is 16.0. The van der Waals surface area contributed by atoms with Crippen molar-refractivity contribution in [3.8, 4) is 0 Å². The smallest absolute Gasteiger partial charge is 0.263 e. The minimum atomic E-state index is -1.12. The number of nitrogens with two attached hydrogens (primary N) is 1. The average molecular weight is 463 g/mol. The molecule has 1 saturated heterocycles. The van der Waals surface area contributed by atoms with Crippen molar-refractivity contribution in [1.29, 1.82) is 0 Å². The van der Waals surface area contributed by atoms with Crippen LogP contribution in [0.3, 0.4) is 0 Å². The van der Waals surface area contributed by atoms with Crippen LogP contribution in [-0.4, -0.2) is 59.9 Å². The third kappa shape index (κ3) is 4.63. The molecule has 0 aromatic heterocycles. The second-order valence-corrected chi connectivity index (χ2v) is 7.38. The third-order valence-corrected chi connectivity index (χ3v) is 5.03. The van der Waals surface area contributed by atoms with Crippen LogP contribution in [0.1, 0.15) is 20.7 Å². The summed E-state index contributed by atoms with van der Waals surface area (Å²) < 4.78 is 13.9. The van der Waals surface area contributed by atoms with E-state index in [4.69, 9.17) is 5.73 Å². The minimum Gasteiger partial charge on any atom is -0.351 e. The largest absolute Gasteiger partial charge is 0.351 e. The summed E-state index contributed by atoms with van der Waals surface area (Å²) in [4.78, 5) is 41.5. The first kappa shape index (κ1) is 20.9. The lowest BCUT2D eigenvalue weighted by molar-refractivity contribution is -0.128. The zero-order valence-corrected chi connectivity index (χ0v) is 17.1. The summed E-state index contributed by atoms with van der Waals surface area (Å²) >= 11 is 3.33. The Hall–Kier alpha value is -2.78. The summed E-state index contributed by atoms with van der Waals surface area (Å²) in [6, 6.07) is 11.9. The molecule has 1 aliphatic heterocycles. The molecular weight excluding hydrogens is 443 g/mol. The summed E-state index contributed by atoms with van der Waals surface area (Å²) in [5, 5.41) is 2.65. The molecule has 1 unspecified atom stereocenters. The summed E-state index contributed by atoms with van der Waals surface area (Å²) in [5.74, 6) is -1.78. The predicted molar refractivity (Wildman–Crippen MR) is 108 cm³/mol. The number of hydrogen-bond acceptors (Lipinski definition) is 4. The van der Waals surface area contributed by atoms with E-state index in [0.29, 0.717) is 5.56 Å². The van der Waals surface area contributed by atoms with Crippen LogP contribution in [0.2, 0.25) is 0 Å². The Morgan fingerprint density at radius 3 is 2.24 bits per heavy atom. The fourth-order valence-corrected chi connectivity index (χ4v) is 3.57. The van der Waals surface area contributed by atoms with Crippen molar-refractivity contribution >= 4 is 33.7 Å². The van der Waals surface area contributed by atoms with Gasteiger partial charge in [0.05, 0.1) is 0 Å². The van der Waals surface area contributed by atoms with E-state index in [0.717, 1.165) is 4.47 Å². The average Bonchev–Trinajstić information content (AvgIpc) is 3.16. The van der Waals surface area contributed by atoms with Gasteiger partial charge in [0.15, 0.2) is 6.17 Å². The molecule has 3 rings (SSSR count). The standard InChI is InChI=1S/C20H20BrFN4O3/c21-15-3-1-2-14(12-15)20(29)26-11-10-25(18(26)17(27)24-9-8-23)19(28)13-4-6-16(22)7-5-13/h1-7,12,18H,8-11,23H2,(H,24,27). The number of nitrogens with one attached hydrogen (secondary N) is 1. The Bertz CT molecular complexity index is 922. The molecule has 1 aliphatic rings. The number of nitrogens with zero attached hydrogens (tertiary/aromatic N) is 2. The Labute approximate surface area is 175 Å². The number of amides is 3. The summed E-state index contributed by atoms with van der Waals surface area (Å²) in [6.07, 6.45) is -1.12. The predicted octanol–water partition coefficient (Wildman–Crippen LogP) is 1.59. The molecule has 0 bridgehead atoms. The van der Waals surface area contributed by atoms with E-state index in [2.05, 4.69) is 21.2 Å². The summed E-state index contributed by atoms with van der Waals surface area (Å²) in [6.45, 7) is 0.812. The van der Waals surface area contributed by atoms with Gasteiger partial charge in [-0.3, -0.25) is 14.4 Å². The lowest BCUT2D eigenvalue weighted by Gasteiger charge is -2.29. The molecule has 0 spiro atoms. The topological polar surface area (TPSA) is 95.7 Å². The van der Waals surface area contributed by atoms with Crippen molar-refractivity contribution in [2.45, 2.75) is 6.17 Å². The Kier molecular flexibility index (Phi) is 6.60. The van der Waals surface area contributed by atoms with Crippen molar-refractivity contribution in [2.75, 3.05) is 26.2 Å². The lowest BCUT2D eigenvalue weighted by atomic mass is 10.1. The van der Waals surface area contributed by atoms with Crippen molar-refractivity contribution in [3.63, 3.8) is 0 Å². The van der Waals surface area contributed by atoms with Gasteiger partial charge < -0.3 is 20.9 Å². The van der Waals surface area contributed by atoms with Gasteiger partial charge in [0, 0.05) is 41.8 Å². The minimum absolute atomic E-state index is 0.177. The highest BCUT2D eigenvalue weighted by atomic mass is 79.9. The second-order valence-electron chi connectivity index (χ2n) is 6.47. The quantitative estimate of drug-likeness (QED) is 0.704. The number of hydrogen-bond donors (Lipinski definition) is 2. The number of carbonyl (C=O) groups is 3. The highest BCUT2D eigenvalue weighted by molar-refractivity contribution is 9.10. The van der Waals surface area contributed by atoms with Gasteiger partial charge in [-0.25, -0.2) is 4.39 Å². The van der Waals surface area contributed by atoms with Crippen molar-refractivity contribution < 1.29 is 18.8 Å². The van der Waals surface area contributed by atoms with E-state index < -0.39 is 23.8 Å². The van der Waals surface area contributed by atoms with E-state index in [9.17, 15) is 18.8 Å². The van der Waals surface area contributed by atoms with E-state index in [1.807, 2.05) is 0 Å². The first-order chi connectivity index (χ1) is 13.9. The number of halogens is 2. The zero-order chi connectivity index (χ0) is 21.0. The van der Waals surface area contributed by atoms with E-state index in [1.165, 1.54) is 34.1 Å². The molecule has 0 saturated carbocycles. The van der Waals surface area contributed by atoms with Gasteiger partial charge in [0.2, 0.25) is 0 Å². The maximum absolute atomic E-state index is 13.2. The molecule has 1 atom stereocenters. The van der Waals surface area contributed by atoms with Crippen molar-refractivity contribution in [1.82, 2.24) is 15.1 Å². The van der Waals surface area contributed by atoms with Crippen LogP contribution in [0.15, 0.2) is 53.0 Å². The first-order valence-corrected chi connectivity index (χ1v) is 9.82.